The fraction of sp³-hybridized carbons (Fsp3) is 0.444. The Morgan fingerprint density at radius 2 is 2.40 bits per heavy atom. The molecule has 0 saturated carbocycles. The molecule has 0 aromatic heterocycles. The zero-order valence-corrected chi connectivity index (χ0v) is 6.59. The third-order valence-corrected chi connectivity index (χ3v) is 1.57. The molecule has 0 aliphatic rings. The maximum atomic E-state index is 8.59. The van der Waals surface area contributed by atoms with Gasteiger partial charge in [-0.15, -0.1) is 0 Å². The first kappa shape index (κ1) is 8.97. The quantitative estimate of drug-likeness (QED) is 0.431. The van der Waals surface area contributed by atoms with E-state index in [0.29, 0.717) is 5.92 Å². The Bertz CT molecular complexity index is 172. The van der Waals surface area contributed by atoms with E-state index >= 15 is 0 Å². The Morgan fingerprint density at radius 3 is 2.70 bits per heavy atom. The monoisotopic (exact) mass is 135 g/mol. The van der Waals surface area contributed by atoms with Crippen LogP contribution in [0.5, 0.6) is 0 Å². The molecule has 0 heterocycles. The summed E-state index contributed by atoms with van der Waals surface area (Å²) in [5.41, 5.74) is 0.817. The number of rotatable bonds is 3. The summed E-state index contributed by atoms with van der Waals surface area (Å²) in [5.74, 6) is 0.364. The molecule has 0 N–H and O–H groups in total. The Hall–Kier alpha value is -1.03. The summed E-state index contributed by atoms with van der Waals surface area (Å²) in [5, 5.41) is 8.59. The topological polar surface area (TPSA) is 23.8 Å². The van der Waals surface area contributed by atoms with Gasteiger partial charge in [-0.2, -0.15) is 5.26 Å². The van der Waals surface area contributed by atoms with E-state index in [0.717, 1.165) is 12.0 Å². The van der Waals surface area contributed by atoms with Gasteiger partial charge in [-0.05, 0) is 18.4 Å². The van der Waals surface area contributed by atoms with Crippen LogP contribution < -0.4 is 0 Å². The molecule has 0 bridgehead atoms. The van der Waals surface area contributed by atoms with Crippen LogP contribution in [0, 0.1) is 17.2 Å². The smallest absolute Gasteiger partial charge is 0.0949 e. The maximum Gasteiger partial charge on any atom is 0.0949 e. The van der Waals surface area contributed by atoms with Gasteiger partial charge in [0.15, 0.2) is 0 Å². The third-order valence-electron chi connectivity index (χ3n) is 1.57. The van der Waals surface area contributed by atoms with Crippen LogP contribution in [0.25, 0.3) is 0 Å². The van der Waals surface area contributed by atoms with Crippen LogP contribution in [-0.2, 0) is 0 Å². The Labute approximate surface area is 62.7 Å². The summed E-state index contributed by atoms with van der Waals surface area (Å²) in [6, 6.07) is 2.14. The van der Waals surface area contributed by atoms with Crippen LogP contribution in [0.2, 0.25) is 0 Å². The van der Waals surface area contributed by atoms with E-state index in [2.05, 4.69) is 19.6 Å². The van der Waals surface area contributed by atoms with Gasteiger partial charge in [-0.3, -0.25) is 0 Å². The van der Waals surface area contributed by atoms with Gasteiger partial charge in [0, 0.05) is 5.57 Å². The summed E-state index contributed by atoms with van der Waals surface area (Å²) in [4.78, 5) is 0. The van der Waals surface area contributed by atoms with Crippen molar-refractivity contribution < 1.29 is 0 Å². The zero-order valence-electron chi connectivity index (χ0n) is 6.59. The fourth-order valence-corrected chi connectivity index (χ4v) is 0.659. The van der Waals surface area contributed by atoms with E-state index < -0.39 is 0 Å². The molecule has 0 saturated heterocycles. The summed E-state index contributed by atoms with van der Waals surface area (Å²) >= 11 is 0. The van der Waals surface area contributed by atoms with E-state index in [-0.39, 0.29) is 0 Å². The van der Waals surface area contributed by atoms with E-state index in [1.807, 2.05) is 6.92 Å². The van der Waals surface area contributed by atoms with Crippen LogP contribution >= 0.6 is 0 Å². The van der Waals surface area contributed by atoms with Gasteiger partial charge in [0.2, 0.25) is 0 Å². The standard InChI is InChI=1S/C9H13N/c1-4-6-9(7-10)8(3)5-2/h4,6,8H,1,5H2,2-3H3/b9-6-. The minimum absolute atomic E-state index is 0.364. The molecule has 0 fully saturated rings. The molecule has 0 radical (unpaired) electrons. The van der Waals surface area contributed by atoms with E-state index in [1.54, 1.807) is 12.2 Å². The van der Waals surface area contributed by atoms with Crippen molar-refractivity contribution in [2.45, 2.75) is 20.3 Å². The molecule has 0 amide bonds. The second-order valence-corrected chi connectivity index (χ2v) is 2.28. The van der Waals surface area contributed by atoms with Crippen molar-refractivity contribution in [3.05, 3.63) is 24.3 Å². The van der Waals surface area contributed by atoms with Crippen molar-refractivity contribution in [3.63, 3.8) is 0 Å². The lowest BCUT2D eigenvalue weighted by atomic mass is 9.99. The lowest BCUT2D eigenvalue weighted by Crippen LogP contribution is -1.94. The molecule has 10 heavy (non-hydrogen) atoms. The van der Waals surface area contributed by atoms with Gasteiger partial charge in [-0.25, -0.2) is 0 Å². The SMILES string of the molecule is C=C/C=C(/C#N)C(C)CC. The molecule has 54 valence electrons. The highest BCUT2D eigenvalue weighted by atomic mass is 14.3. The predicted molar refractivity (Wildman–Crippen MR) is 43.3 cm³/mol. The largest absolute Gasteiger partial charge is 0.193 e. The van der Waals surface area contributed by atoms with Crippen molar-refractivity contribution in [2.24, 2.45) is 5.92 Å². The first-order valence-corrected chi connectivity index (χ1v) is 3.49. The number of hydrogen-bond acceptors (Lipinski definition) is 1. The molecule has 0 aromatic rings. The predicted octanol–water partition coefficient (Wildman–Crippen LogP) is 2.67. The van der Waals surface area contributed by atoms with E-state index in [1.165, 1.54) is 0 Å². The molecule has 0 aliphatic carbocycles. The molecule has 0 aliphatic heterocycles. The molecule has 1 atom stereocenters. The summed E-state index contributed by atoms with van der Waals surface area (Å²) < 4.78 is 0. The molecule has 1 heteroatoms. The number of nitrogens with zero attached hydrogens (tertiary/aromatic N) is 1. The van der Waals surface area contributed by atoms with Crippen LogP contribution in [0.1, 0.15) is 20.3 Å². The highest BCUT2D eigenvalue weighted by molar-refractivity contribution is 5.26. The molecule has 1 nitrogen and oxygen atoms in total. The molecular weight excluding hydrogens is 122 g/mol. The molecule has 1 unspecified atom stereocenters. The maximum absolute atomic E-state index is 8.59. The van der Waals surface area contributed by atoms with Crippen LogP contribution in [0.4, 0.5) is 0 Å². The second-order valence-electron chi connectivity index (χ2n) is 2.28. The van der Waals surface area contributed by atoms with Crippen molar-refractivity contribution in [2.75, 3.05) is 0 Å². The highest BCUT2D eigenvalue weighted by Gasteiger charge is 2.02. The van der Waals surface area contributed by atoms with Crippen molar-refractivity contribution in [1.82, 2.24) is 0 Å². The average molecular weight is 135 g/mol. The van der Waals surface area contributed by atoms with Crippen molar-refractivity contribution >= 4 is 0 Å². The van der Waals surface area contributed by atoms with Gasteiger partial charge < -0.3 is 0 Å². The molecular formula is C9H13N. The number of nitriles is 1. The lowest BCUT2D eigenvalue weighted by Gasteiger charge is -2.03. The van der Waals surface area contributed by atoms with Crippen molar-refractivity contribution in [3.8, 4) is 6.07 Å². The Morgan fingerprint density at radius 1 is 1.80 bits per heavy atom. The normalized spacial score (nSPS) is 13.9. The summed E-state index contributed by atoms with van der Waals surface area (Å²) in [6.07, 6.45) is 4.44. The van der Waals surface area contributed by atoms with Crippen LogP contribution in [0.3, 0.4) is 0 Å². The average Bonchev–Trinajstić information content (AvgIpc) is 1.99. The van der Waals surface area contributed by atoms with Gasteiger partial charge in [0.05, 0.1) is 6.07 Å². The van der Waals surface area contributed by atoms with Gasteiger partial charge in [0.1, 0.15) is 0 Å². The first-order chi connectivity index (χ1) is 4.76. The highest BCUT2D eigenvalue weighted by Crippen LogP contribution is 2.12. The fourth-order valence-electron chi connectivity index (χ4n) is 0.659. The minimum Gasteiger partial charge on any atom is -0.193 e. The van der Waals surface area contributed by atoms with Gasteiger partial charge in [-0.1, -0.05) is 26.5 Å². The zero-order chi connectivity index (χ0) is 7.98. The first-order valence-electron chi connectivity index (χ1n) is 3.49. The number of hydrogen-bond donors (Lipinski definition) is 0. The lowest BCUT2D eigenvalue weighted by molar-refractivity contribution is 0.673. The third kappa shape index (κ3) is 2.50. The summed E-state index contributed by atoms with van der Waals surface area (Å²) in [6.45, 7) is 7.65. The minimum atomic E-state index is 0.364. The van der Waals surface area contributed by atoms with E-state index in [9.17, 15) is 0 Å². The Kier molecular flexibility index (Phi) is 4.32. The van der Waals surface area contributed by atoms with Crippen molar-refractivity contribution in [1.29, 1.82) is 5.26 Å². The molecule has 0 spiro atoms. The second kappa shape index (κ2) is 4.81. The van der Waals surface area contributed by atoms with Gasteiger partial charge in [0.25, 0.3) is 0 Å². The molecule has 0 rings (SSSR count). The number of allylic oxidation sites excluding steroid dienone is 3. The Balaban J connectivity index is 4.23. The molecule has 0 aromatic carbocycles. The van der Waals surface area contributed by atoms with Gasteiger partial charge >= 0.3 is 0 Å². The van der Waals surface area contributed by atoms with E-state index in [4.69, 9.17) is 5.26 Å². The van der Waals surface area contributed by atoms with Crippen LogP contribution in [0.15, 0.2) is 24.3 Å². The van der Waals surface area contributed by atoms with Crippen LogP contribution in [-0.4, -0.2) is 0 Å². The summed E-state index contributed by atoms with van der Waals surface area (Å²) in [7, 11) is 0.